The van der Waals surface area contributed by atoms with Gasteiger partial charge in [0.05, 0.1) is 35.4 Å². The third-order valence-corrected chi connectivity index (χ3v) is 7.71. The number of fused-ring (bicyclic) bond motifs is 1. The van der Waals surface area contributed by atoms with Crippen molar-refractivity contribution in [1.82, 2.24) is 9.88 Å². The van der Waals surface area contributed by atoms with E-state index in [-0.39, 0.29) is 17.5 Å². The number of benzene rings is 2. The first-order valence-electron chi connectivity index (χ1n) is 11.0. The number of methoxy groups -OCH3 is 1. The number of aromatic nitrogens is 1. The maximum Gasteiger partial charge on any atom is 0.339 e. The number of carbonyl (C=O) groups is 2. The molecule has 0 radical (unpaired) electrons. The molecule has 3 aromatic rings. The summed E-state index contributed by atoms with van der Waals surface area (Å²) < 4.78 is 34.2. The molecule has 0 N–H and O–H groups in total. The summed E-state index contributed by atoms with van der Waals surface area (Å²) >= 11 is 0. The van der Waals surface area contributed by atoms with Gasteiger partial charge < -0.3 is 14.4 Å². The molecule has 9 heteroatoms. The number of esters is 1. The summed E-state index contributed by atoms with van der Waals surface area (Å²) in [4.78, 5) is 31.9. The second kappa shape index (κ2) is 9.80. The van der Waals surface area contributed by atoms with Gasteiger partial charge in [-0.2, -0.15) is 0 Å². The maximum absolute atomic E-state index is 13.0. The van der Waals surface area contributed by atoms with Gasteiger partial charge in [0.25, 0.3) is 5.91 Å². The molecule has 0 saturated carbocycles. The van der Waals surface area contributed by atoms with Gasteiger partial charge in [0.15, 0.2) is 16.4 Å². The number of rotatable bonds is 7. The Labute approximate surface area is 198 Å². The third-order valence-electron chi connectivity index (χ3n) is 5.96. The van der Waals surface area contributed by atoms with E-state index in [0.29, 0.717) is 40.9 Å². The zero-order chi connectivity index (χ0) is 24.3. The van der Waals surface area contributed by atoms with Crippen molar-refractivity contribution >= 4 is 32.6 Å². The number of hydrogen-bond donors (Lipinski definition) is 0. The van der Waals surface area contributed by atoms with Crippen LogP contribution in [0.4, 0.5) is 0 Å². The van der Waals surface area contributed by atoms with Crippen molar-refractivity contribution in [3.63, 3.8) is 0 Å². The zero-order valence-corrected chi connectivity index (χ0v) is 19.9. The third kappa shape index (κ3) is 5.04. The Morgan fingerprint density at radius 3 is 2.50 bits per heavy atom. The molecular formula is C25H26N2O6S. The van der Waals surface area contributed by atoms with Crippen LogP contribution in [0.25, 0.3) is 22.2 Å². The highest BCUT2D eigenvalue weighted by Gasteiger charge is 2.34. The Bertz CT molecular complexity index is 1320. The molecular weight excluding hydrogens is 456 g/mol. The number of nitrogens with zero attached hydrogens (tertiary/aromatic N) is 2. The number of para-hydroxylation sites is 1. The number of likely N-dealkylation sites (N-methyl/N-ethyl adjacent to an activating group) is 1. The van der Waals surface area contributed by atoms with Gasteiger partial charge in [-0.3, -0.25) is 4.79 Å². The average molecular weight is 483 g/mol. The predicted octanol–water partition coefficient (Wildman–Crippen LogP) is 3.10. The van der Waals surface area contributed by atoms with Crippen LogP contribution in [0.3, 0.4) is 0 Å². The second-order valence-corrected chi connectivity index (χ2v) is 10.3. The molecule has 1 fully saturated rings. The van der Waals surface area contributed by atoms with Gasteiger partial charge in [-0.05, 0) is 49.7 Å². The van der Waals surface area contributed by atoms with E-state index in [1.54, 1.807) is 32.2 Å². The van der Waals surface area contributed by atoms with Crippen LogP contribution < -0.4 is 4.74 Å². The molecule has 1 aromatic heterocycles. The zero-order valence-electron chi connectivity index (χ0n) is 19.1. The monoisotopic (exact) mass is 482 g/mol. The molecule has 1 amide bonds. The molecule has 1 aliphatic rings. The van der Waals surface area contributed by atoms with E-state index in [1.165, 1.54) is 4.90 Å². The normalized spacial score (nSPS) is 16.8. The number of hydrogen-bond acceptors (Lipinski definition) is 7. The second-order valence-electron chi connectivity index (χ2n) is 8.11. The molecule has 178 valence electrons. The minimum Gasteiger partial charge on any atom is -0.497 e. The minimum atomic E-state index is -3.13. The van der Waals surface area contributed by atoms with E-state index < -0.39 is 28.3 Å². The lowest BCUT2D eigenvalue weighted by Gasteiger charge is -2.26. The van der Waals surface area contributed by atoms with E-state index in [9.17, 15) is 18.0 Å². The van der Waals surface area contributed by atoms with Crippen LogP contribution in [-0.2, 0) is 19.4 Å². The van der Waals surface area contributed by atoms with Crippen LogP contribution in [0.15, 0.2) is 54.6 Å². The predicted molar refractivity (Wildman–Crippen MR) is 128 cm³/mol. The number of carbonyl (C=O) groups excluding carboxylic acids is 2. The molecule has 2 aromatic carbocycles. The Hall–Kier alpha value is -3.46. The van der Waals surface area contributed by atoms with Crippen LogP contribution in [0.1, 0.15) is 23.7 Å². The first-order valence-corrected chi connectivity index (χ1v) is 12.8. The van der Waals surface area contributed by atoms with Crippen LogP contribution in [-0.4, -0.2) is 68.0 Å². The first-order chi connectivity index (χ1) is 16.3. The molecule has 1 atom stereocenters. The molecule has 1 unspecified atom stereocenters. The summed E-state index contributed by atoms with van der Waals surface area (Å²) in [6.07, 6.45) is 0.399. The summed E-state index contributed by atoms with van der Waals surface area (Å²) in [5, 5.41) is 0.617. The Morgan fingerprint density at radius 1 is 1.12 bits per heavy atom. The SMILES string of the molecule is CCN(C(=O)COC(=O)c1cc(-c2ccc(OC)cc2)nc2ccccc12)C1CCS(=O)(=O)C1. The minimum absolute atomic E-state index is 0.0548. The lowest BCUT2D eigenvalue weighted by molar-refractivity contribution is -0.136. The lowest BCUT2D eigenvalue weighted by Crippen LogP contribution is -2.43. The highest BCUT2D eigenvalue weighted by atomic mass is 32.2. The van der Waals surface area contributed by atoms with Gasteiger partial charge in [-0.1, -0.05) is 18.2 Å². The van der Waals surface area contributed by atoms with Gasteiger partial charge in [-0.25, -0.2) is 18.2 Å². The number of ether oxygens (including phenoxy) is 2. The topological polar surface area (TPSA) is 103 Å². The molecule has 0 aliphatic carbocycles. The summed E-state index contributed by atoms with van der Waals surface area (Å²) in [6, 6.07) is 15.8. The smallest absolute Gasteiger partial charge is 0.339 e. The van der Waals surface area contributed by atoms with Crippen LogP contribution >= 0.6 is 0 Å². The fourth-order valence-electron chi connectivity index (χ4n) is 4.20. The Morgan fingerprint density at radius 2 is 1.85 bits per heavy atom. The van der Waals surface area contributed by atoms with E-state index in [0.717, 1.165) is 5.56 Å². The van der Waals surface area contributed by atoms with Gasteiger partial charge in [0.2, 0.25) is 0 Å². The van der Waals surface area contributed by atoms with E-state index in [1.807, 2.05) is 36.4 Å². The van der Waals surface area contributed by atoms with Gasteiger partial charge >= 0.3 is 5.97 Å². The van der Waals surface area contributed by atoms with E-state index in [2.05, 4.69) is 4.98 Å². The number of pyridine rings is 1. The summed E-state index contributed by atoms with van der Waals surface area (Å²) in [7, 11) is -1.55. The van der Waals surface area contributed by atoms with Gasteiger partial charge in [0.1, 0.15) is 5.75 Å². The summed E-state index contributed by atoms with van der Waals surface area (Å²) in [5.74, 6) is -0.333. The molecule has 8 nitrogen and oxygen atoms in total. The molecule has 0 bridgehead atoms. The van der Waals surface area contributed by atoms with Crippen molar-refractivity contribution in [2.75, 3.05) is 31.8 Å². The molecule has 2 heterocycles. The summed E-state index contributed by atoms with van der Waals surface area (Å²) in [6.45, 7) is 1.66. The molecule has 1 aliphatic heterocycles. The van der Waals surface area contributed by atoms with Crippen LogP contribution in [0, 0.1) is 0 Å². The fourth-order valence-corrected chi connectivity index (χ4v) is 5.93. The van der Waals surface area contributed by atoms with Crippen molar-refractivity contribution in [3.05, 3.63) is 60.2 Å². The van der Waals surface area contributed by atoms with Gasteiger partial charge in [-0.15, -0.1) is 0 Å². The highest BCUT2D eigenvalue weighted by Crippen LogP contribution is 2.27. The molecule has 34 heavy (non-hydrogen) atoms. The van der Waals surface area contributed by atoms with Crippen molar-refractivity contribution in [2.24, 2.45) is 0 Å². The van der Waals surface area contributed by atoms with E-state index >= 15 is 0 Å². The lowest BCUT2D eigenvalue weighted by atomic mass is 10.0. The van der Waals surface area contributed by atoms with Crippen LogP contribution in [0.2, 0.25) is 0 Å². The van der Waals surface area contributed by atoms with Crippen LogP contribution in [0.5, 0.6) is 5.75 Å². The number of sulfone groups is 1. The van der Waals surface area contributed by atoms with Crippen molar-refractivity contribution in [3.8, 4) is 17.0 Å². The first kappa shape index (κ1) is 23.7. The Balaban J connectivity index is 1.56. The van der Waals surface area contributed by atoms with Crippen molar-refractivity contribution in [2.45, 2.75) is 19.4 Å². The molecule has 1 saturated heterocycles. The maximum atomic E-state index is 13.0. The van der Waals surface area contributed by atoms with Crippen molar-refractivity contribution < 1.29 is 27.5 Å². The van der Waals surface area contributed by atoms with Gasteiger partial charge in [0, 0.05) is 23.5 Å². The average Bonchev–Trinajstić information content (AvgIpc) is 3.21. The van der Waals surface area contributed by atoms with E-state index in [4.69, 9.17) is 9.47 Å². The highest BCUT2D eigenvalue weighted by molar-refractivity contribution is 7.91. The van der Waals surface area contributed by atoms with Crippen molar-refractivity contribution in [1.29, 1.82) is 0 Å². The summed E-state index contributed by atoms with van der Waals surface area (Å²) in [5.41, 5.74) is 2.32. The number of amides is 1. The quantitative estimate of drug-likeness (QED) is 0.477. The molecule has 4 rings (SSSR count). The standard InChI is InChI=1S/C25H26N2O6S/c1-3-27(18-12-13-34(30,31)16-18)24(28)15-33-25(29)21-14-23(17-8-10-19(32-2)11-9-17)26-22-7-5-4-6-20(21)22/h4-11,14,18H,3,12-13,15-16H2,1-2H3. The Kier molecular flexibility index (Phi) is 6.83. The molecule has 0 spiro atoms. The fraction of sp³-hybridized carbons (Fsp3) is 0.320. The largest absolute Gasteiger partial charge is 0.497 e.